The van der Waals surface area contributed by atoms with Crippen molar-refractivity contribution in [3.63, 3.8) is 0 Å². The van der Waals surface area contributed by atoms with Gasteiger partial charge in [0, 0.05) is 25.3 Å². The summed E-state index contributed by atoms with van der Waals surface area (Å²) in [5.41, 5.74) is 5.15. The third-order valence-corrected chi connectivity index (χ3v) is 4.83. The van der Waals surface area contributed by atoms with Gasteiger partial charge in [-0.05, 0) is 59.7 Å². The maximum Gasteiger partial charge on any atom is 0.287 e. The number of phenolic OH excluding ortho intramolecular Hbond substituents is 1. The molecule has 3 aromatic carbocycles. The fraction of sp³-hybridized carbons (Fsp3) is 0.115. The molecule has 2 amide bonds. The molecule has 0 bridgehead atoms. The number of ether oxygens (including phenoxy) is 1. The molecule has 174 valence electrons. The largest absolute Gasteiger partial charge is 0.504 e. The van der Waals surface area contributed by atoms with Gasteiger partial charge in [-0.3, -0.25) is 9.59 Å². The third-order valence-electron chi connectivity index (χ3n) is 4.83. The smallest absolute Gasteiger partial charge is 0.287 e. The van der Waals surface area contributed by atoms with Gasteiger partial charge < -0.3 is 20.1 Å². The predicted molar refractivity (Wildman–Crippen MR) is 133 cm³/mol. The van der Waals surface area contributed by atoms with Gasteiger partial charge in [0.05, 0.1) is 13.3 Å². The molecular formula is C26H26N4O4. The van der Waals surface area contributed by atoms with Crippen molar-refractivity contribution >= 4 is 29.8 Å². The summed E-state index contributed by atoms with van der Waals surface area (Å²) in [4.78, 5) is 27.5. The second-order valence-electron chi connectivity index (χ2n) is 7.49. The molecule has 0 aliphatic rings. The first-order valence-corrected chi connectivity index (χ1v) is 10.4. The molecule has 0 unspecified atom stereocenters. The van der Waals surface area contributed by atoms with E-state index < -0.39 is 11.8 Å². The molecule has 8 heteroatoms. The Labute approximate surface area is 198 Å². The van der Waals surface area contributed by atoms with Crippen LogP contribution in [0.1, 0.15) is 21.5 Å². The molecule has 0 aromatic heterocycles. The lowest BCUT2D eigenvalue weighted by molar-refractivity contribution is -0.117. The van der Waals surface area contributed by atoms with Crippen LogP contribution in [0.5, 0.6) is 11.5 Å². The van der Waals surface area contributed by atoms with Crippen molar-refractivity contribution in [2.45, 2.75) is 0 Å². The minimum absolute atomic E-state index is 0.0289. The van der Waals surface area contributed by atoms with E-state index in [1.165, 1.54) is 19.4 Å². The summed E-state index contributed by atoms with van der Waals surface area (Å²) < 4.78 is 5.01. The number of phenols is 1. The summed E-state index contributed by atoms with van der Waals surface area (Å²) in [5, 5.41) is 16.5. The Bertz CT molecular complexity index is 1200. The maximum atomic E-state index is 12.9. The molecule has 0 fully saturated rings. The summed E-state index contributed by atoms with van der Waals surface area (Å²) >= 11 is 0. The van der Waals surface area contributed by atoms with Gasteiger partial charge in [-0.2, -0.15) is 5.10 Å². The summed E-state index contributed by atoms with van der Waals surface area (Å²) in [5.74, 6) is -0.740. The van der Waals surface area contributed by atoms with Crippen LogP contribution in [-0.4, -0.2) is 44.3 Å². The summed E-state index contributed by atoms with van der Waals surface area (Å²) in [6, 6.07) is 20.8. The number of benzene rings is 3. The van der Waals surface area contributed by atoms with Crippen LogP contribution in [0, 0.1) is 0 Å². The van der Waals surface area contributed by atoms with E-state index in [1.54, 1.807) is 48.5 Å². The van der Waals surface area contributed by atoms with Crippen molar-refractivity contribution in [2.75, 3.05) is 26.1 Å². The van der Waals surface area contributed by atoms with Crippen LogP contribution >= 0.6 is 0 Å². The SMILES string of the molecule is COc1ccc(/C=N\NC(=O)/C(=C/c2ccc(N(C)C)cc2)NC(=O)c2ccccc2)cc1O. The van der Waals surface area contributed by atoms with E-state index in [2.05, 4.69) is 15.8 Å². The zero-order chi connectivity index (χ0) is 24.5. The van der Waals surface area contributed by atoms with E-state index in [-0.39, 0.29) is 11.4 Å². The summed E-state index contributed by atoms with van der Waals surface area (Å²) in [6.45, 7) is 0. The van der Waals surface area contributed by atoms with Gasteiger partial charge in [0.2, 0.25) is 0 Å². The number of nitrogens with one attached hydrogen (secondary N) is 2. The number of carbonyl (C=O) groups excluding carboxylic acids is 2. The number of amides is 2. The highest BCUT2D eigenvalue weighted by atomic mass is 16.5. The van der Waals surface area contributed by atoms with Gasteiger partial charge in [-0.25, -0.2) is 5.43 Å². The van der Waals surface area contributed by atoms with Crippen molar-refractivity contribution in [3.8, 4) is 11.5 Å². The average molecular weight is 459 g/mol. The lowest BCUT2D eigenvalue weighted by Gasteiger charge is -2.12. The van der Waals surface area contributed by atoms with E-state index in [9.17, 15) is 14.7 Å². The zero-order valence-electron chi connectivity index (χ0n) is 19.1. The molecule has 8 nitrogen and oxygen atoms in total. The fourth-order valence-corrected chi connectivity index (χ4v) is 2.99. The Morgan fingerprint density at radius 3 is 2.26 bits per heavy atom. The van der Waals surface area contributed by atoms with Crippen LogP contribution in [0.15, 0.2) is 83.6 Å². The molecule has 0 aliphatic heterocycles. The number of anilines is 1. The Morgan fingerprint density at radius 2 is 1.65 bits per heavy atom. The molecule has 0 saturated heterocycles. The Kier molecular flexibility index (Phi) is 8.02. The van der Waals surface area contributed by atoms with Gasteiger partial charge in [0.1, 0.15) is 5.70 Å². The van der Waals surface area contributed by atoms with Gasteiger partial charge in [0.15, 0.2) is 11.5 Å². The predicted octanol–water partition coefficient (Wildman–Crippen LogP) is 3.39. The van der Waals surface area contributed by atoms with Crippen molar-refractivity contribution < 1.29 is 19.4 Å². The average Bonchev–Trinajstić information content (AvgIpc) is 2.84. The molecule has 34 heavy (non-hydrogen) atoms. The lowest BCUT2D eigenvalue weighted by Crippen LogP contribution is -2.32. The minimum Gasteiger partial charge on any atom is -0.504 e. The number of nitrogens with zero attached hydrogens (tertiary/aromatic N) is 2. The Hall–Kier alpha value is -4.59. The molecule has 0 saturated carbocycles. The van der Waals surface area contributed by atoms with E-state index in [1.807, 2.05) is 43.3 Å². The molecule has 0 heterocycles. The quantitative estimate of drug-likeness (QED) is 0.273. The molecule has 0 radical (unpaired) electrons. The molecule has 0 aliphatic carbocycles. The van der Waals surface area contributed by atoms with Crippen LogP contribution in [0.3, 0.4) is 0 Å². The van der Waals surface area contributed by atoms with Crippen LogP contribution < -0.4 is 20.4 Å². The second kappa shape index (κ2) is 11.3. The van der Waals surface area contributed by atoms with Crippen LogP contribution in [0.4, 0.5) is 5.69 Å². The normalized spacial score (nSPS) is 11.2. The minimum atomic E-state index is -0.602. The van der Waals surface area contributed by atoms with Gasteiger partial charge in [-0.15, -0.1) is 0 Å². The first-order valence-electron chi connectivity index (χ1n) is 10.4. The van der Waals surface area contributed by atoms with Gasteiger partial charge in [-0.1, -0.05) is 30.3 Å². The Balaban J connectivity index is 1.80. The van der Waals surface area contributed by atoms with Crippen molar-refractivity contribution in [3.05, 3.63) is 95.2 Å². The van der Waals surface area contributed by atoms with E-state index in [0.717, 1.165) is 11.3 Å². The number of hydrazone groups is 1. The number of rotatable bonds is 8. The van der Waals surface area contributed by atoms with Gasteiger partial charge >= 0.3 is 0 Å². The van der Waals surface area contributed by atoms with Gasteiger partial charge in [0.25, 0.3) is 11.8 Å². The molecule has 0 spiro atoms. The number of hydrogen-bond acceptors (Lipinski definition) is 6. The van der Waals surface area contributed by atoms with Crippen LogP contribution in [0.2, 0.25) is 0 Å². The second-order valence-corrected chi connectivity index (χ2v) is 7.49. The molecule has 3 rings (SSSR count). The number of carbonyl (C=O) groups is 2. The lowest BCUT2D eigenvalue weighted by atomic mass is 10.1. The summed E-state index contributed by atoms with van der Waals surface area (Å²) in [7, 11) is 5.32. The van der Waals surface area contributed by atoms with Crippen molar-refractivity contribution in [2.24, 2.45) is 5.10 Å². The Morgan fingerprint density at radius 1 is 0.971 bits per heavy atom. The molecule has 3 aromatic rings. The third kappa shape index (κ3) is 6.46. The fourth-order valence-electron chi connectivity index (χ4n) is 2.99. The van der Waals surface area contributed by atoms with E-state index in [4.69, 9.17) is 4.74 Å². The first-order chi connectivity index (χ1) is 16.4. The van der Waals surface area contributed by atoms with E-state index in [0.29, 0.717) is 16.9 Å². The first kappa shape index (κ1) is 24.1. The number of aromatic hydroxyl groups is 1. The number of methoxy groups -OCH3 is 1. The highest BCUT2D eigenvalue weighted by Gasteiger charge is 2.14. The van der Waals surface area contributed by atoms with Crippen molar-refractivity contribution in [1.82, 2.24) is 10.7 Å². The zero-order valence-corrected chi connectivity index (χ0v) is 19.1. The topological polar surface area (TPSA) is 103 Å². The summed E-state index contributed by atoms with van der Waals surface area (Å²) in [6.07, 6.45) is 2.95. The molecular weight excluding hydrogens is 432 g/mol. The van der Waals surface area contributed by atoms with Crippen LogP contribution in [0.25, 0.3) is 6.08 Å². The highest BCUT2D eigenvalue weighted by molar-refractivity contribution is 6.05. The standard InChI is InChI=1S/C26H26N4O4/c1-30(2)21-12-9-18(10-13-21)15-22(28-25(32)20-7-5-4-6-8-20)26(33)29-27-17-19-11-14-24(34-3)23(31)16-19/h4-17,31H,1-3H3,(H,28,32)(H,29,33)/b22-15-,27-17-. The number of hydrogen-bond donors (Lipinski definition) is 3. The van der Waals surface area contributed by atoms with E-state index >= 15 is 0 Å². The van der Waals surface area contributed by atoms with Crippen LogP contribution in [-0.2, 0) is 4.79 Å². The molecule has 0 atom stereocenters. The van der Waals surface area contributed by atoms with Crippen molar-refractivity contribution in [1.29, 1.82) is 0 Å². The monoisotopic (exact) mass is 458 g/mol. The molecule has 3 N–H and O–H groups in total. The maximum absolute atomic E-state index is 12.9. The highest BCUT2D eigenvalue weighted by Crippen LogP contribution is 2.25.